The minimum atomic E-state index is -0.141. The Labute approximate surface area is 168 Å². The van der Waals surface area contributed by atoms with Crippen molar-refractivity contribution in [3.63, 3.8) is 0 Å². The predicted molar refractivity (Wildman–Crippen MR) is 111 cm³/mol. The molecule has 1 N–H and O–H groups in total. The van der Waals surface area contributed by atoms with Gasteiger partial charge in [0.25, 0.3) is 5.91 Å². The van der Waals surface area contributed by atoms with Crippen LogP contribution in [0.25, 0.3) is 11.1 Å². The minimum Gasteiger partial charge on any atom is -0.440 e. The van der Waals surface area contributed by atoms with E-state index in [9.17, 15) is 4.79 Å². The van der Waals surface area contributed by atoms with Gasteiger partial charge in [-0.1, -0.05) is 48.0 Å². The second-order valence-corrected chi connectivity index (χ2v) is 7.14. The maximum Gasteiger partial charge on any atom is 0.251 e. The number of benzene rings is 3. The van der Waals surface area contributed by atoms with Crippen LogP contribution in [0.4, 0.5) is 0 Å². The lowest BCUT2D eigenvalue weighted by molar-refractivity contribution is 0.0951. The number of carbonyl (C=O) groups is 1. The van der Waals surface area contributed by atoms with Crippen molar-refractivity contribution in [2.75, 3.05) is 0 Å². The van der Waals surface area contributed by atoms with Gasteiger partial charge in [0.05, 0.1) is 0 Å². The van der Waals surface area contributed by atoms with E-state index in [1.54, 1.807) is 12.1 Å². The summed E-state index contributed by atoms with van der Waals surface area (Å²) >= 11 is 6.03. The van der Waals surface area contributed by atoms with Crippen LogP contribution in [0.3, 0.4) is 0 Å². The Kier molecular flexibility index (Phi) is 5.13. The number of carbonyl (C=O) groups excluding carboxylic acids is 1. The molecule has 0 saturated heterocycles. The van der Waals surface area contributed by atoms with Gasteiger partial charge in [0, 0.05) is 23.6 Å². The Morgan fingerprint density at radius 1 is 1.07 bits per heavy atom. The summed E-state index contributed by atoms with van der Waals surface area (Å²) in [5.74, 6) is 0.452. The molecule has 1 amide bonds. The van der Waals surface area contributed by atoms with E-state index in [0.29, 0.717) is 35.0 Å². The molecule has 4 aromatic rings. The van der Waals surface area contributed by atoms with Crippen LogP contribution in [0.15, 0.2) is 71.1 Å². The molecule has 4 nitrogen and oxygen atoms in total. The first kappa shape index (κ1) is 18.3. The van der Waals surface area contributed by atoms with Crippen molar-refractivity contribution in [1.82, 2.24) is 10.3 Å². The van der Waals surface area contributed by atoms with E-state index < -0.39 is 0 Å². The Morgan fingerprint density at radius 3 is 2.75 bits per heavy atom. The van der Waals surface area contributed by atoms with Gasteiger partial charge < -0.3 is 9.73 Å². The van der Waals surface area contributed by atoms with Crippen molar-refractivity contribution in [3.05, 3.63) is 99.9 Å². The van der Waals surface area contributed by atoms with Gasteiger partial charge in [0.15, 0.2) is 11.5 Å². The average molecular weight is 391 g/mol. The number of nitrogens with one attached hydrogen (secondary N) is 1. The number of hydrogen-bond donors (Lipinski definition) is 1. The Balaban J connectivity index is 1.49. The van der Waals surface area contributed by atoms with E-state index in [2.05, 4.69) is 10.3 Å². The highest BCUT2D eigenvalue weighted by Gasteiger charge is 2.12. The van der Waals surface area contributed by atoms with E-state index in [4.69, 9.17) is 16.0 Å². The maximum atomic E-state index is 12.5. The molecule has 0 radical (unpaired) electrons. The molecule has 0 atom stereocenters. The number of halogens is 1. The molecule has 0 spiro atoms. The van der Waals surface area contributed by atoms with Gasteiger partial charge >= 0.3 is 0 Å². The highest BCUT2D eigenvalue weighted by atomic mass is 35.5. The summed E-state index contributed by atoms with van der Waals surface area (Å²) in [7, 11) is 0. The lowest BCUT2D eigenvalue weighted by Gasteiger charge is -2.07. The molecule has 0 bridgehead atoms. The number of aromatic nitrogens is 1. The molecule has 0 aliphatic heterocycles. The van der Waals surface area contributed by atoms with Crippen LogP contribution in [0.2, 0.25) is 5.02 Å². The zero-order valence-electron chi connectivity index (χ0n) is 15.4. The zero-order valence-corrected chi connectivity index (χ0v) is 16.2. The van der Waals surface area contributed by atoms with Gasteiger partial charge in [0.1, 0.15) is 5.52 Å². The summed E-state index contributed by atoms with van der Waals surface area (Å²) in [6.07, 6.45) is 0.546. The number of hydrogen-bond acceptors (Lipinski definition) is 3. The number of rotatable bonds is 5. The van der Waals surface area contributed by atoms with Crippen molar-refractivity contribution >= 4 is 28.6 Å². The van der Waals surface area contributed by atoms with Crippen molar-refractivity contribution < 1.29 is 9.21 Å². The highest BCUT2D eigenvalue weighted by Crippen LogP contribution is 2.21. The maximum absolute atomic E-state index is 12.5. The summed E-state index contributed by atoms with van der Waals surface area (Å²) in [5, 5.41) is 3.64. The average Bonchev–Trinajstić information content (AvgIpc) is 3.08. The Morgan fingerprint density at radius 2 is 1.93 bits per heavy atom. The molecule has 140 valence electrons. The predicted octanol–water partition coefficient (Wildman–Crippen LogP) is 5.31. The molecule has 1 heterocycles. The number of amides is 1. The molecule has 5 heteroatoms. The van der Waals surface area contributed by atoms with Crippen LogP contribution in [0, 0.1) is 6.92 Å². The van der Waals surface area contributed by atoms with Crippen molar-refractivity contribution in [3.8, 4) is 0 Å². The monoisotopic (exact) mass is 390 g/mol. The summed E-state index contributed by atoms with van der Waals surface area (Å²) in [6.45, 7) is 2.52. The van der Waals surface area contributed by atoms with Crippen LogP contribution in [-0.2, 0) is 13.0 Å². The number of aryl methyl sites for hydroxylation is 1. The van der Waals surface area contributed by atoms with E-state index in [0.717, 1.165) is 22.2 Å². The largest absolute Gasteiger partial charge is 0.440 e. The van der Waals surface area contributed by atoms with Gasteiger partial charge in [-0.3, -0.25) is 4.79 Å². The van der Waals surface area contributed by atoms with Crippen molar-refractivity contribution in [2.24, 2.45) is 0 Å². The van der Waals surface area contributed by atoms with Gasteiger partial charge in [0.2, 0.25) is 0 Å². The van der Waals surface area contributed by atoms with Crippen LogP contribution < -0.4 is 5.32 Å². The molecule has 3 aromatic carbocycles. The second-order valence-electron chi connectivity index (χ2n) is 6.71. The minimum absolute atomic E-state index is 0.141. The molecule has 28 heavy (non-hydrogen) atoms. The molecular weight excluding hydrogens is 372 g/mol. The first-order chi connectivity index (χ1) is 13.6. The van der Waals surface area contributed by atoms with Crippen LogP contribution >= 0.6 is 11.6 Å². The first-order valence-corrected chi connectivity index (χ1v) is 9.43. The lowest BCUT2D eigenvalue weighted by Crippen LogP contribution is -2.23. The topological polar surface area (TPSA) is 55.1 Å². The second kappa shape index (κ2) is 7.87. The fourth-order valence-corrected chi connectivity index (χ4v) is 3.31. The van der Waals surface area contributed by atoms with Gasteiger partial charge in [-0.15, -0.1) is 0 Å². The molecule has 1 aromatic heterocycles. The fourth-order valence-electron chi connectivity index (χ4n) is 3.10. The van der Waals surface area contributed by atoms with Gasteiger partial charge in [-0.25, -0.2) is 4.98 Å². The Hall–Kier alpha value is -3.11. The number of nitrogens with zero attached hydrogens (tertiary/aromatic N) is 1. The third kappa shape index (κ3) is 4.07. The van der Waals surface area contributed by atoms with E-state index in [1.165, 1.54) is 0 Å². The van der Waals surface area contributed by atoms with E-state index >= 15 is 0 Å². The van der Waals surface area contributed by atoms with Gasteiger partial charge in [-0.2, -0.15) is 0 Å². The molecule has 0 saturated carbocycles. The first-order valence-electron chi connectivity index (χ1n) is 9.05. The standard InChI is InChI=1S/C23H19ClN2O2/c1-15-5-2-3-7-18(15)14-25-23(27)17-9-10-20-21(13-17)28-22(26-20)12-16-6-4-8-19(24)11-16/h2-11,13H,12,14H2,1H3,(H,25,27). The molecule has 4 rings (SSSR count). The normalized spacial score (nSPS) is 10.9. The molecular formula is C23H19ClN2O2. The fraction of sp³-hybridized carbons (Fsp3) is 0.130. The molecule has 0 aliphatic rings. The quantitative estimate of drug-likeness (QED) is 0.502. The summed E-state index contributed by atoms with van der Waals surface area (Å²) in [6, 6.07) is 20.9. The van der Waals surface area contributed by atoms with Crippen LogP contribution in [-0.4, -0.2) is 10.9 Å². The number of fused-ring (bicyclic) bond motifs is 1. The third-order valence-electron chi connectivity index (χ3n) is 4.64. The van der Waals surface area contributed by atoms with Crippen molar-refractivity contribution in [1.29, 1.82) is 0 Å². The molecule has 0 unspecified atom stereocenters. The van der Waals surface area contributed by atoms with Crippen molar-refractivity contribution in [2.45, 2.75) is 19.9 Å². The zero-order chi connectivity index (χ0) is 19.5. The van der Waals surface area contributed by atoms with Gasteiger partial charge in [-0.05, 0) is 53.9 Å². The summed E-state index contributed by atoms with van der Waals surface area (Å²) in [5.41, 5.74) is 5.15. The van der Waals surface area contributed by atoms with E-state index in [1.807, 2.05) is 61.5 Å². The molecule has 0 fully saturated rings. The highest BCUT2D eigenvalue weighted by molar-refractivity contribution is 6.30. The van der Waals surface area contributed by atoms with Crippen LogP contribution in [0.5, 0.6) is 0 Å². The SMILES string of the molecule is Cc1ccccc1CNC(=O)c1ccc2nc(Cc3cccc(Cl)c3)oc2c1. The van der Waals surface area contributed by atoms with Crippen LogP contribution in [0.1, 0.15) is 32.9 Å². The smallest absolute Gasteiger partial charge is 0.251 e. The summed E-state index contributed by atoms with van der Waals surface area (Å²) in [4.78, 5) is 17.0. The van der Waals surface area contributed by atoms with E-state index in [-0.39, 0.29) is 5.91 Å². The lowest BCUT2D eigenvalue weighted by atomic mass is 10.1. The summed E-state index contributed by atoms with van der Waals surface area (Å²) < 4.78 is 5.85. The Bertz CT molecular complexity index is 1150. The molecule has 0 aliphatic carbocycles. The number of oxazole rings is 1. The third-order valence-corrected chi connectivity index (χ3v) is 4.88.